The maximum atomic E-state index is 5.76. The van der Waals surface area contributed by atoms with Gasteiger partial charge >= 0.3 is 0 Å². The Hall–Kier alpha value is -1.22. The normalized spacial score (nSPS) is 12.3. The van der Waals surface area contributed by atoms with Crippen molar-refractivity contribution in [3.63, 3.8) is 0 Å². The second-order valence-corrected chi connectivity index (χ2v) is 4.92. The molecular formula is C15H26N2O. The summed E-state index contributed by atoms with van der Waals surface area (Å²) in [6.07, 6.45) is 2.20. The molecule has 0 saturated heterocycles. The Morgan fingerprint density at radius 2 is 2.11 bits per heavy atom. The first kappa shape index (κ1) is 14.8. The highest BCUT2D eigenvalue weighted by Crippen LogP contribution is 2.24. The molecule has 3 nitrogen and oxygen atoms in total. The number of nitrogens with zero attached hydrogens (tertiary/aromatic N) is 1. The van der Waals surface area contributed by atoms with Gasteiger partial charge in [-0.05, 0) is 57.4 Å². The van der Waals surface area contributed by atoms with Crippen LogP contribution in [0.25, 0.3) is 0 Å². The molecule has 0 heterocycles. The summed E-state index contributed by atoms with van der Waals surface area (Å²) in [4.78, 5) is 2.27. The molecule has 0 aliphatic rings. The average molecular weight is 250 g/mol. The number of hydrogen-bond acceptors (Lipinski definition) is 3. The van der Waals surface area contributed by atoms with E-state index >= 15 is 0 Å². The van der Waals surface area contributed by atoms with Crippen LogP contribution in [0.3, 0.4) is 0 Å². The topological polar surface area (TPSA) is 38.5 Å². The molecule has 1 unspecified atom stereocenters. The van der Waals surface area contributed by atoms with Crippen LogP contribution in [0.15, 0.2) is 18.2 Å². The number of anilines is 1. The van der Waals surface area contributed by atoms with Crippen LogP contribution < -0.4 is 15.4 Å². The van der Waals surface area contributed by atoms with Crippen LogP contribution in [0.4, 0.5) is 5.69 Å². The standard InChI is InChI=1S/C15H26N2O/c1-5-18-15-9-8-14(11-12(15)2)17(4)10-6-7-13(3)16/h8-9,11,13H,5-7,10,16H2,1-4H3. The van der Waals surface area contributed by atoms with Crippen molar-refractivity contribution in [1.29, 1.82) is 0 Å². The summed E-state index contributed by atoms with van der Waals surface area (Å²) in [5, 5.41) is 0. The van der Waals surface area contributed by atoms with Crippen molar-refractivity contribution in [3.8, 4) is 5.75 Å². The van der Waals surface area contributed by atoms with Gasteiger partial charge in [0, 0.05) is 25.3 Å². The molecule has 1 aromatic carbocycles. The third kappa shape index (κ3) is 4.57. The first-order valence-electron chi connectivity index (χ1n) is 6.74. The molecule has 0 amide bonds. The molecule has 1 aromatic rings. The van der Waals surface area contributed by atoms with E-state index in [1.807, 2.05) is 6.92 Å². The second-order valence-electron chi connectivity index (χ2n) is 4.92. The first-order valence-corrected chi connectivity index (χ1v) is 6.74. The van der Waals surface area contributed by atoms with E-state index in [1.54, 1.807) is 0 Å². The van der Waals surface area contributed by atoms with Gasteiger partial charge in [-0.2, -0.15) is 0 Å². The van der Waals surface area contributed by atoms with Gasteiger partial charge in [-0.25, -0.2) is 0 Å². The van der Waals surface area contributed by atoms with Crippen molar-refractivity contribution in [2.45, 2.75) is 39.7 Å². The highest BCUT2D eigenvalue weighted by atomic mass is 16.5. The number of aryl methyl sites for hydroxylation is 1. The Bertz CT molecular complexity index is 364. The maximum Gasteiger partial charge on any atom is 0.122 e. The quantitative estimate of drug-likeness (QED) is 0.808. The van der Waals surface area contributed by atoms with Crippen molar-refractivity contribution in [1.82, 2.24) is 0 Å². The summed E-state index contributed by atoms with van der Waals surface area (Å²) in [5.41, 5.74) is 8.18. The van der Waals surface area contributed by atoms with E-state index in [9.17, 15) is 0 Å². The largest absolute Gasteiger partial charge is 0.494 e. The smallest absolute Gasteiger partial charge is 0.122 e. The second kappa shape index (κ2) is 7.27. The van der Waals surface area contributed by atoms with Crippen molar-refractivity contribution < 1.29 is 4.74 Å². The minimum atomic E-state index is 0.292. The number of rotatable bonds is 7. The number of benzene rings is 1. The molecule has 1 rings (SSSR count). The third-order valence-corrected chi connectivity index (χ3v) is 3.05. The van der Waals surface area contributed by atoms with Crippen LogP contribution in [-0.4, -0.2) is 26.2 Å². The monoisotopic (exact) mass is 250 g/mol. The molecule has 2 N–H and O–H groups in total. The Morgan fingerprint density at radius 1 is 1.39 bits per heavy atom. The summed E-state index contributed by atoms with van der Waals surface area (Å²) >= 11 is 0. The van der Waals surface area contributed by atoms with Crippen LogP contribution in [0.5, 0.6) is 5.75 Å². The van der Waals surface area contributed by atoms with Gasteiger partial charge in [0.05, 0.1) is 6.61 Å². The van der Waals surface area contributed by atoms with Crippen molar-refractivity contribution in [3.05, 3.63) is 23.8 Å². The number of ether oxygens (including phenoxy) is 1. The van der Waals surface area contributed by atoms with E-state index in [1.165, 1.54) is 11.3 Å². The SMILES string of the molecule is CCOc1ccc(N(C)CCCC(C)N)cc1C. The van der Waals surface area contributed by atoms with Gasteiger partial charge in [-0.15, -0.1) is 0 Å². The van der Waals surface area contributed by atoms with Gasteiger partial charge in [0.15, 0.2) is 0 Å². The lowest BCUT2D eigenvalue weighted by Crippen LogP contribution is -2.22. The molecule has 0 radical (unpaired) electrons. The van der Waals surface area contributed by atoms with Crippen molar-refractivity contribution >= 4 is 5.69 Å². The highest BCUT2D eigenvalue weighted by Gasteiger charge is 2.05. The number of nitrogens with two attached hydrogens (primary N) is 1. The molecule has 102 valence electrons. The van der Waals surface area contributed by atoms with Crippen LogP contribution >= 0.6 is 0 Å². The van der Waals surface area contributed by atoms with Crippen LogP contribution in [0, 0.1) is 6.92 Å². The van der Waals surface area contributed by atoms with Gasteiger partial charge in [0.2, 0.25) is 0 Å². The minimum absolute atomic E-state index is 0.292. The molecule has 0 aromatic heterocycles. The van der Waals surface area contributed by atoms with Crippen molar-refractivity contribution in [2.75, 3.05) is 25.1 Å². The average Bonchev–Trinajstić information content (AvgIpc) is 2.31. The molecule has 0 fully saturated rings. The molecule has 18 heavy (non-hydrogen) atoms. The molecule has 0 saturated carbocycles. The highest BCUT2D eigenvalue weighted by molar-refractivity contribution is 5.52. The predicted octanol–water partition coefficient (Wildman–Crippen LogP) is 2.96. The fraction of sp³-hybridized carbons (Fsp3) is 0.600. The fourth-order valence-corrected chi connectivity index (χ4v) is 1.97. The van der Waals surface area contributed by atoms with Crippen LogP contribution in [0.1, 0.15) is 32.3 Å². The van der Waals surface area contributed by atoms with Gasteiger partial charge < -0.3 is 15.4 Å². The summed E-state index contributed by atoms with van der Waals surface area (Å²) in [6, 6.07) is 6.64. The minimum Gasteiger partial charge on any atom is -0.494 e. The summed E-state index contributed by atoms with van der Waals surface area (Å²) in [7, 11) is 2.12. The maximum absolute atomic E-state index is 5.76. The molecular weight excluding hydrogens is 224 g/mol. The third-order valence-electron chi connectivity index (χ3n) is 3.05. The van der Waals surface area contributed by atoms with E-state index in [0.717, 1.165) is 25.1 Å². The lowest BCUT2D eigenvalue weighted by atomic mass is 10.1. The summed E-state index contributed by atoms with van der Waals surface area (Å²) < 4.78 is 5.55. The molecule has 3 heteroatoms. The Morgan fingerprint density at radius 3 is 2.67 bits per heavy atom. The van der Waals surface area contributed by atoms with Gasteiger partial charge in [-0.1, -0.05) is 0 Å². The Balaban J connectivity index is 2.57. The van der Waals surface area contributed by atoms with E-state index in [2.05, 4.69) is 44.0 Å². The zero-order valence-electron chi connectivity index (χ0n) is 12.1. The van der Waals surface area contributed by atoms with E-state index in [-0.39, 0.29) is 0 Å². The zero-order valence-corrected chi connectivity index (χ0v) is 12.1. The molecule has 0 aliphatic heterocycles. The fourth-order valence-electron chi connectivity index (χ4n) is 1.97. The van der Waals surface area contributed by atoms with Gasteiger partial charge in [0.25, 0.3) is 0 Å². The Kier molecular flexibility index (Phi) is 5.99. The Labute approximate surface area is 111 Å². The predicted molar refractivity (Wildman–Crippen MR) is 78.5 cm³/mol. The summed E-state index contributed by atoms with van der Waals surface area (Å²) in [6.45, 7) is 7.90. The molecule has 0 aliphatic carbocycles. The van der Waals surface area contributed by atoms with Gasteiger partial charge in [0.1, 0.15) is 5.75 Å². The van der Waals surface area contributed by atoms with E-state index < -0.39 is 0 Å². The molecule has 1 atom stereocenters. The number of hydrogen-bond donors (Lipinski definition) is 1. The van der Waals surface area contributed by atoms with Crippen LogP contribution in [0.2, 0.25) is 0 Å². The molecule has 0 spiro atoms. The van der Waals surface area contributed by atoms with E-state index in [0.29, 0.717) is 12.6 Å². The lowest BCUT2D eigenvalue weighted by molar-refractivity contribution is 0.338. The van der Waals surface area contributed by atoms with Gasteiger partial charge in [-0.3, -0.25) is 0 Å². The van der Waals surface area contributed by atoms with Crippen LogP contribution in [-0.2, 0) is 0 Å². The van der Waals surface area contributed by atoms with Crippen molar-refractivity contribution in [2.24, 2.45) is 5.73 Å². The summed E-state index contributed by atoms with van der Waals surface area (Å²) in [5.74, 6) is 0.977. The van der Waals surface area contributed by atoms with E-state index in [4.69, 9.17) is 10.5 Å². The molecule has 0 bridgehead atoms. The first-order chi connectivity index (χ1) is 8.54. The lowest BCUT2D eigenvalue weighted by Gasteiger charge is -2.21. The zero-order chi connectivity index (χ0) is 13.5.